The average molecular weight is 366 g/mol. The van der Waals surface area contributed by atoms with Gasteiger partial charge >= 0.3 is 0 Å². The number of aliphatic imine (C=N–C) groups is 1. The molecule has 6 heteroatoms. The molecule has 0 fully saturated rings. The van der Waals surface area contributed by atoms with Crippen LogP contribution in [-0.2, 0) is 6.54 Å². The Morgan fingerprint density at radius 2 is 1.77 bits per heavy atom. The summed E-state index contributed by atoms with van der Waals surface area (Å²) < 4.78 is 16.3. The van der Waals surface area contributed by atoms with Gasteiger partial charge in [-0.15, -0.1) is 0 Å². The molecular weight excluding hydrogens is 330 g/mol. The van der Waals surface area contributed by atoms with Crippen LogP contribution in [0.5, 0.6) is 17.2 Å². The third kappa shape index (κ3) is 6.32. The number of rotatable bonds is 11. The number of guanidine groups is 1. The molecule has 26 heavy (non-hydrogen) atoms. The third-order valence-corrected chi connectivity index (χ3v) is 4.56. The molecule has 1 aromatic rings. The van der Waals surface area contributed by atoms with Crippen LogP contribution in [0.4, 0.5) is 0 Å². The lowest BCUT2D eigenvalue weighted by molar-refractivity contribution is 0.322. The Morgan fingerprint density at radius 3 is 2.31 bits per heavy atom. The highest BCUT2D eigenvalue weighted by Gasteiger charge is 2.16. The SMILES string of the molecule is CCCCC(CC)CNC(=NC)NCc1ccc(OC)c(OC)c1OC. The van der Waals surface area contributed by atoms with E-state index in [1.165, 1.54) is 25.7 Å². The second kappa shape index (κ2) is 12.3. The number of ether oxygens (including phenoxy) is 3. The zero-order valence-corrected chi connectivity index (χ0v) is 17.1. The van der Waals surface area contributed by atoms with E-state index in [0.29, 0.717) is 29.7 Å². The molecule has 1 aromatic carbocycles. The van der Waals surface area contributed by atoms with E-state index in [4.69, 9.17) is 14.2 Å². The number of nitrogens with one attached hydrogen (secondary N) is 2. The van der Waals surface area contributed by atoms with Crippen molar-refractivity contribution in [1.29, 1.82) is 0 Å². The molecule has 0 aliphatic rings. The van der Waals surface area contributed by atoms with Crippen LogP contribution in [0.3, 0.4) is 0 Å². The summed E-state index contributed by atoms with van der Waals surface area (Å²) in [7, 11) is 6.64. The summed E-state index contributed by atoms with van der Waals surface area (Å²) in [6.07, 6.45) is 4.94. The lowest BCUT2D eigenvalue weighted by Crippen LogP contribution is -2.39. The van der Waals surface area contributed by atoms with Crippen molar-refractivity contribution in [2.24, 2.45) is 10.9 Å². The monoisotopic (exact) mass is 365 g/mol. The minimum atomic E-state index is 0.578. The molecule has 2 N–H and O–H groups in total. The Morgan fingerprint density at radius 1 is 1.04 bits per heavy atom. The number of methoxy groups -OCH3 is 3. The van der Waals surface area contributed by atoms with Gasteiger partial charge in [0.15, 0.2) is 17.5 Å². The minimum absolute atomic E-state index is 0.578. The molecule has 0 saturated heterocycles. The Kier molecular flexibility index (Phi) is 10.4. The summed E-state index contributed by atoms with van der Waals surface area (Å²) in [5, 5.41) is 6.78. The van der Waals surface area contributed by atoms with E-state index in [2.05, 4.69) is 29.5 Å². The maximum atomic E-state index is 5.53. The molecule has 0 amide bonds. The van der Waals surface area contributed by atoms with Gasteiger partial charge < -0.3 is 24.8 Å². The Bertz CT molecular complexity index is 561. The van der Waals surface area contributed by atoms with Crippen molar-refractivity contribution in [3.05, 3.63) is 17.7 Å². The number of benzene rings is 1. The summed E-state index contributed by atoms with van der Waals surface area (Å²) in [5.41, 5.74) is 0.978. The average Bonchev–Trinajstić information content (AvgIpc) is 2.69. The summed E-state index contributed by atoms with van der Waals surface area (Å²) in [4.78, 5) is 4.32. The molecule has 148 valence electrons. The van der Waals surface area contributed by atoms with Gasteiger partial charge in [-0.2, -0.15) is 0 Å². The van der Waals surface area contributed by atoms with Gasteiger partial charge in [-0.25, -0.2) is 0 Å². The van der Waals surface area contributed by atoms with Crippen LogP contribution < -0.4 is 24.8 Å². The van der Waals surface area contributed by atoms with Gasteiger partial charge in [0.05, 0.1) is 21.3 Å². The zero-order chi connectivity index (χ0) is 19.4. The lowest BCUT2D eigenvalue weighted by atomic mass is 9.99. The van der Waals surface area contributed by atoms with E-state index in [0.717, 1.165) is 18.1 Å². The van der Waals surface area contributed by atoms with Gasteiger partial charge in [0.25, 0.3) is 0 Å². The van der Waals surface area contributed by atoms with Gasteiger partial charge in [-0.1, -0.05) is 33.1 Å². The van der Waals surface area contributed by atoms with Crippen LogP contribution in [-0.4, -0.2) is 40.9 Å². The number of unbranched alkanes of at least 4 members (excludes halogenated alkanes) is 1. The van der Waals surface area contributed by atoms with Gasteiger partial charge in [0.1, 0.15) is 0 Å². The van der Waals surface area contributed by atoms with E-state index in [9.17, 15) is 0 Å². The molecule has 0 saturated carbocycles. The van der Waals surface area contributed by atoms with Gasteiger partial charge in [-0.3, -0.25) is 4.99 Å². The van der Waals surface area contributed by atoms with Crippen molar-refractivity contribution >= 4 is 5.96 Å². The summed E-state index contributed by atoms with van der Waals surface area (Å²) in [5.74, 6) is 3.38. The van der Waals surface area contributed by atoms with Gasteiger partial charge in [-0.05, 0) is 24.5 Å². The van der Waals surface area contributed by atoms with Crippen LogP contribution in [0.25, 0.3) is 0 Å². The first-order chi connectivity index (χ1) is 12.6. The number of hydrogen-bond donors (Lipinski definition) is 2. The highest BCUT2D eigenvalue weighted by atomic mass is 16.5. The smallest absolute Gasteiger partial charge is 0.203 e. The molecule has 0 aromatic heterocycles. The van der Waals surface area contributed by atoms with Crippen molar-refractivity contribution < 1.29 is 14.2 Å². The van der Waals surface area contributed by atoms with E-state index < -0.39 is 0 Å². The van der Waals surface area contributed by atoms with Gasteiger partial charge in [0, 0.05) is 25.7 Å². The summed E-state index contributed by atoms with van der Waals surface area (Å²) in [6.45, 7) is 5.98. The molecule has 0 spiro atoms. The highest BCUT2D eigenvalue weighted by Crippen LogP contribution is 2.39. The maximum absolute atomic E-state index is 5.53. The Hall–Kier alpha value is -2.11. The summed E-state index contributed by atoms with van der Waals surface area (Å²) in [6, 6.07) is 3.85. The highest BCUT2D eigenvalue weighted by molar-refractivity contribution is 5.79. The van der Waals surface area contributed by atoms with Crippen LogP contribution in [0, 0.1) is 5.92 Å². The zero-order valence-electron chi connectivity index (χ0n) is 17.1. The second-order valence-electron chi connectivity index (χ2n) is 6.22. The molecule has 1 atom stereocenters. The standard InChI is InChI=1S/C20H35N3O3/c1-7-9-10-15(8-2)13-22-20(21-3)23-14-16-11-12-17(24-4)19(26-6)18(16)25-5/h11-12,15H,7-10,13-14H2,1-6H3,(H2,21,22,23). The molecule has 1 rings (SSSR count). The van der Waals surface area contributed by atoms with Gasteiger partial charge in [0.2, 0.25) is 5.75 Å². The van der Waals surface area contributed by atoms with Crippen LogP contribution in [0.15, 0.2) is 17.1 Å². The second-order valence-corrected chi connectivity index (χ2v) is 6.22. The molecular formula is C20H35N3O3. The van der Waals surface area contributed by atoms with Crippen molar-refractivity contribution in [3.8, 4) is 17.2 Å². The summed E-state index contributed by atoms with van der Waals surface area (Å²) >= 11 is 0. The van der Waals surface area contributed by atoms with Crippen LogP contribution in [0.1, 0.15) is 45.1 Å². The van der Waals surface area contributed by atoms with Crippen molar-refractivity contribution in [2.45, 2.75) is 46.1 Å². The molecule has 0 radical (unpaired) electrons. The molecule has 0 heterocycles. The first-order valence-electron chi connectivity index (χ1n) is 9.37. The van der Waals surface area contributed by atoms with E-state index in [1.54, 1.807) is 28.4 Å². The first-order valence-corrected chi connectivity index (χ1v) is 9.37. The predicted octanol–water partition coefficient (Wildman–Crippen LogP) is 3.59. The van der Waals surface area contributed by atoms with Crippen LogP contribution in [0.2, 0.25) is 0 Å². The number of nitrogens with zero attached hydrogens (tertiary/aromatic N) is 1. The van der Waals surface area contributed by atoms with E-state index >= 15 is 0 Å². The Balaban J connectivity index is 2.71. The van der Waals surface area contributed by atoms with E-state index in [1.807, 2.05) is 12.1 Å². The largest absolute Gasteiger partial charge is 0.493 e. The van der Waals surface area contributed by atoms with E-state index in [-0.39, 0.29) is 0 Å². The lowest BCUT2D eigenvalue weighted by Gasteiger charge is -2.19. The predicted molar refractivity (Wildman–Crippen MR) is 108 cm³/mol. The quantitative estimate of drug-likeness (QED) is 0.463. The first kappa shape index (κ1) is 21.9. The van der Waals surface area contributed by atoms with Crippen molar-refractivity contribution in [2.75, 3.05) is 34.9 Å². The molecule has 1 unspecified atom stereocenters. The molecule has 0 aliphatic heterocycles. The minimum Gasteiger partial charge on any atom is -0.493 e. The third-order valence-electron chi connectivity index (χ3n) is 4.56. The van der Waals surface area contributed by atoms with Crippen molar-refractivity contribution in [1.82, 2.24) is 10.6 Å². The normalized spacial score (nSPS) is 12.5. The maximum Gasteiger partial charge on any atom is 0.203 e. The molecule has 0 aliphatic carbocycles. The van der Waals surface area contributed by atoms with Crippen LogP contribution >= 0.6 is 0 Å². The topological polar surface area (TPSA) is 64.1 Å². The Labute approximate surface area is 158 Å². The molecule has 6 nitrogen and oxygen atoms in total. The van der Waals surface area contributed by atoms with Crippen molar-refractivity contribution in [3.63, 3.8) is 0 Å². The molecule has 0 bridgehead atoms. The fourth-order valence-electron chi connectivity index (χ4n) is 2.89. The fourth-order valence-corrected chi connectivity index (χ4v) is 2.89. The fraction of sp³-hybridized carbons (Fsp3) is 0.650. The number of hydrogen-bond acceptors (Lipinski definition) is 4.